The molecule has 0 aromatic heterocycles. The van der Waals surface area contributed by atoms with Gasteiger partial charge in [-0.2, -0.15) is 11.8 Å². The second-order valence-corrected chi connectivity index (χ2v) is 7.67. The molecule has 2 heterocycles. The molecule has 3 heteroatoms. The Labute approximate surface area is 119 Å². The van der Waals surface area contributed by atoms with Crippen LogP contribution in [0.2, 0.25) is 0 Å². The van der Waals surface area contributed by atoms with Crippen LogP contribution in [-0.4, -0.2) is 23.3 Å². The Bertz CT molecular complexity index is 388. The van der Waals surface area contributed by atoms with Crippen LogP contribution in [0.5, 0.6) is 0 Å². The third-order valence-electron chi connectivity index (χ3n) is 3.82. The lowest BCUT2D eigenvalue weighted by atomic mass is 10.0. The molecule has 0 aliphatic carbocycles. The van der Waals surface area contributed by atoms with Crippen LogP contribution in [0.4, 0.5) is 0 Å². The highest BCUT2D eigenvalue weighted by Gasteiger charge is 2.21. The van der Waals surface area contributed by atoms with Gasteiger partial charge in [0.15, 0.2) is 0 Å². The molecule has 2 aliphatic rings. The summed E-state index contributed by atoms with van der Waals surface area (Å²) in [5.74, 6) is 2.62. The van der Waals surface area contributed by atoms with Crippen LogP contribution in [0, 0.1) is 0 Å². The van der Waals surface area contributed by atoms with Crippen molar-refractivity contribution < 1.29 is 0 Å². The summed E-state index contributed by atoms with van der Waals surface area (Å²) in [7, 11) is 0. The van der Waals surface area contributed by atoms with E-state index < -0.39 is 0 Å². The number of nitrogens with one attached hydrogen (secondary N) is 1. The topological polar surface area (TPSA) is 12.0 Å². The predicted octanol–water partition coefficient (Wildman–Crippen LogP) is 4.10. The van der Waals surface area contributed by atoms with Crippen molar-refractivity contribution in [1.82, 2.24) is 5.32 Å². The zero-order valence-electron chi connectivity index (χ0n) is 10.7. The number of hydrogen-bond donors (Lipinski definition) is 1. The van der Waals surface area contributed by atoms with Crippen molar-refractivity contribution in [3.8, 4) is 0 Å². The van der Waals surface area contributed by atoms with E-state index in [0.29, 0.717) is 6.04 Å². The molecule has 18 heavy (non-hydrogen) atoms. The molecule has 1 fully saturated rings. The molecule has 0 radical (unpaired) electrons. The molecule has 1 N–H and O–H groups in total. The lowest BCUT2D eigenvalue weighted by molar-refractivity contribution is 0.493. The largest absolute Gasteiger partial charge is 0.309 e. The Kier molecular flexibility index (Phi) is 4.55. The molecule has 0 amide bonds. The van der Waals surface area contributed by atoms with E-state index in [4.69, 9.17) is 0 Å². The van der Waals surface area contributed by atoms with E-state index in [2.05, 4.69) is 41.3 Å². The highest BCUT2D eigenvalue weighted by molar-refractivity contribution is 8.00. The summed E-state index contributed by atoms with van der Waals surface area (Å²) in [6.07, 6.45) is 5.53. The first kappa shape index (κ1) is 12.9. The fourth-order valence-electron chi connectivity index (χ4n) is 2.80. The van der Waals surface area contributed by atoms with E-state index in [0.717, 1.165) is 5.25 Å². The average molecular weight is 279 g/mol. The first-order valence-electron chi connectivity index (χ1n) is 7.00. The summed E-state index contributed by atoms with van der Waals surface area (Å²) < 4.78 is 0. The zero-order valence-corrected chi connectivity index (χ0v) is 12.4. The third kappa shape index (κ3) is 3.06. The number of thioether (sulfide) groups is 2. The normalized spacial score (nSPS) is 27.8. The minimum Gasteiger partial charge on any atom is -0.309 e. The van der Waals surface area contributed by atoms with Crippen LogP contribution < -0.4 is 5.32 Å². The molecule has 1 nitrogen and oxygen atoms in total. The molecular formula is C15H21NS2. The quantitative estimate of drug-likeness (QED) is 0.894. The lowest BCUT2D eigenvalue weighted by Gasteiger charge is -2.29. The first-order chi connectivity index (χ1) is 8.93. The molecule has 2 unspecified atom stereocenters. The van der Waals surface area contributed by atoms with Gasteiger partial charge >= 0.3 is 0 Å². The second-order valence-electron chi connectivity index (χ2n) is 5.12. The molecule has 2 aliphatic heterocycles. The van der Waals surface area contributed by atoms with Crippen molar-refractivity contribution in [2.45, 2.75) is 41.9 Å². The predicted molar refractivity (Wildman–Crippen MR) is 82.6 cm³/mol. The Morgan fingerprint density at radius 1 is 1.11 bits per heavy atom. The lowest BCUT2D eigenvalue weighted by Crippen LogP contribution is -2.31. The van der Waals surface area contributed by atoms with Crippen LogP contribution in [-0.2, 0) is 0 Å². The molecule has 2 atom stereocenters. The van der Waals surface area contributed by atoms with Gasteiger partial charge in [-0.05, 0) is 42.4 Å². The highest BCUT2D eigenvalue weighted by Crippen LogP contribution is 2.36. The van der Waals surface area contributed by atoms with Crippen LogP contribution in [0.1, 0.15) is 37.3 Å². The third-order valence-corrected chi connectivity index (χ3v) is 6.35. The maximum Gasteiger partial charge on any atom is 0.0339 e. The van der Waals surface area contributed by atoms with Crippen LogP contribution in [0.15, 0.2) is 29.2 Å². The van der Waals surface area contributed by atoms with Gasteiger partial charge in [0, 0.05) is 22.7 Å². The van der Waals surface area contributed by atoms with Gasteiger partial charge in [0.05, 0.1) is 0 Å². The smallest absolute Gasteiger partial charge is 0.0339 e. The van der Waals surface area contributed by atoms with Crippen LogP contribution in [0.25, 0.3) is 0 Å². The molecular weight excluding hydrogens is 258 g/mol. The number of hydrogen-bond acceptors (Lipinski definition) is 3. The molecule has 0 bridgehead atoms. The van der Waals surface area contributed by atoms with Crippen molar-refractivity contribution in [3.05, 3.63) is 29.8 Å². The Morgan fingerprint density at radius 2 is 2.06 bits per heavy atom. The van der Waals surface area contributed by atoms with Crippen molar-refractivity contribution in [3.63, 3.8) is 0 Å². The zero-order chi connectivity index (χ0) is 12.2. The number of benzene rings is 1. The molecule has 0 spiro atoms. The standard InChI is InChI=1S/C15H21NS2/c1-2-7-15-13(6-1)14(8-10-18-15)16-11-12-5-3-4-9-17-12/h1-2,6-7,12,14,16H,3-5,8-11H2. The highest BCUT2D eigenvalue weighted by atomic mass is 32.2. The number of rotatable bonds is 3. The summed E-state index contributed by atoms with van der Waals surface area (Å²) in [5.41, 5.74) is 1.52. The summed E-state index contributed by atoms with van der Waals surface area (Å²) in [5, 5.41) is 4.66. The first-order valence-corrected chi connectivity index (χ1v) is 9.03. The van der Waals surface area contributed by atoms with Crippen molar-refractivity contribution in [2.75, 3.05) is 18.1 Å². The van der Waals surface area contributed by atoms with E-state index in [9.17, 15) is 0 Å². The fraction of sp³-hybridized carbons (Fsp3) is 0.600. The Hall–Kier alpha value is -0.120. The van der Waals surface area contributed by atoms with Gasteiger partial charge in [0.1, 0.15) is 0 Å². The molecule has 98 valence electrons. The average Bonchev–Trinajstić information content (AvgIpc) is 2.46. The van der Waals surface area contributed by atoms with E-state index in [1.54, 1.807) is 0 Å². The van der Waals surface area contributed by atoms with Crippen molar-refractivity contribution >= 4 is 23.5 Å². The van der Waals surface area contributed by atoms with E-state index in [1.807, 2.05) is 11.8 Å². The van der Waals surface area contributed by atoms with Gasteiger partial charge in [-0.15, -0.1) is 11.8 Å². The minimum absolute atomic E-state index is 0.588. The maximum atomic E-state index is 3.81. The van der Waals surface area contributed by atoms with Crippen LogP contribution >= 0.6 is 23.5 Å². The van der Waals surface area contributed by atoms with Gasteiger partial charge in [0.25, 0.3) is 0 Å². The summed E-state index contributed by atoms with van der Waals surface area (Å²) >= 11 is 4.17. The monoisotopic (exact) mass is 279 g/mol. The summed E-state index contributed by atoms with van der Waals surface area (Å²) in [6, 6.07) is 9.49. The molecule has 1 aromatic rings. The van der Waals surface area contributed by atoms with E-state index >= 15 is 0 Å². The Morgan fingerprint density at radius 3 is 2.94 bits per heavy atom. The van der Waals surface area contributed by atoms with Gasteiger partial charge in [0.2, 0.25) is 0 Å². The second kappa shape index (κ2) is 6.36. The van der Waals surface area contributed by atoms with Crippen LogP contribution in [0.3, 0.4) is 0 Å². The van der Waals surface area contributed by atoms with Crippen molar-refractivity contribution in [2.24, 2.45) is 0 Å². The maximum absolute atomic E-state index is 3.81. The summed E-state index contributed by atoms with van der Waals surface area (Å²) in [6.45, 7) is 1.19. The van der Waals surface area contributed by atoms with E-state index in [1.165, 1.54) is 54.2 Å². The fourth-order valence-corrected chi connectivity index (χ4v) is 5.17. The number of fused-ring (bicyclic) bond motifs is 1. The molecule has 1 aromatic carbocycles. The van der Waals surface area contributed by atoms with Gasteiger partial charge in [-0.1, -0.05) is 24.6 Å². The van der Waals surface area contributed by atoms with Crippen molar-refractivity contribution in [1.29, 1.82) is 0 Å². The minimum atomic E-state index is 0.588. The summed E-state index contributed by atoms with van der Waals surface area (Å²) in [4.78, 5) is 1.48. The van der Waals surface area contributed by atoms with Gasteiger partial charge in [-0.25, -0.2) is 0 Å². The molecule has 1 saturated heterocycles. The molecule has 0 saturated carbocycles. The Balaban J connectivity index is 1.60. The van der Waals surface area contributed by atoms with E-state index in [-0.39, 0.29) is 0 Å². The van der Waals surface area contributed by atoms with Gasteiger partial charge in [-0.3, -0.25) is 0 Å². The SMILES string of the molecule is c1ccc2c(c1)SCCC2NCC1CCCCS1. The van der Waals surface area contributed by atoms with Gasteiger partial charge < -0.3 is 5.32 Å². The molecule has 3 rings (SSSR count).